The SMILES string of the molecule is COc1ccccc1C1c2cccn2CCN1C(=O)Nc1ccc(C)c(C)c1. The summed E-state index contributed by atoms with van der Waals surface area (Å²) in [5, 5.41) is 3.08. The van der Waals surface area contributed by atoms with E-state index in [1.165, 1.54) is 5.56 Å². The third kappa shape index (κ3) is 3.24. The number of anilines is 1. The first-order valence-electron chi connectivity index (χ1n) is 9.51. The van der Waals surface area contributed by atoms with Crippen LogP contribution in [-0.2, 0) is 6.54 Å². The summed E-state index contributed by atoms with van der Waals surface area (Å²) >= 11 is 0. The van der Waals surface area contributed by atoms with Gasteiger partial charge in [0, 0.05) is 36.2 Å². The lowest BCUT2D eigenvalue weighted by Crippen LogP contribution is -2.44. The van der Waals surface area contributed by atoms with Crippen LogP contribution in [0.15, 0.2) is 60.8 Å². The topological polar surface area (TPSA) is 46.5 Å². The van der Waals surface area contributed by atoms with Gasteiger partial charge in [-0.3, -0.25) is 0 Å². The van der Waals surface area contributed by atoms with Crippen LogP contribution in [0.2, 0.25) is 0 Å². The Morgan fingerprint density at radius 3 is 2.64 bits per heavy atom. The number of carbonyl (C=O) groups excluding carboxylic acids is 1. The van der Waals surface area contributed by atoms with Gasteiger partial charge in [0.2, 0.25) is 0 Å². The van der Waals surface area contributed by atoms with Crippen molar-refractivity contribution in [2.75, 3.05) is 19.0 Å². The molecule has 2 heterocycles. The summed E-state index contributed by atoms with van der Waals surface area (Å²) in [6.45, 7) is 5.52. The van der Waals surface area contributed by atoms with Crippen LogP contribution in [0.1, 0.15) is 28.4 Å². The number of carbonyl (C=O) groups is 1. The largest absolute Gasteiger partial charge is 0.496 e. The summed E-state index contributed by atoms with van der Waals surface area (Å²) in [6.07, 6.45) is 2.07. The van der Waals surface area contributed by atoms with Crippen molar-refractivity contribution in [3.63, 3.8) is 0 Å². The number of hydrogen-bond acceptors (Lipinski definition) is 2. The van der Waals surface area contributed by atoms with Gasteiger partial charge in [0.25, 0.3) is 0 Å². The molecule has 0 bridgehead atoms. The second kappa shape index (κ2) is 7.43. The number of hydrogen-bond donors (Lipinski definition) is 1. The summed E-state index contributed by atoms with van der Waals surface area (Å²) < 4.78 is 7.80. The number of amides is 2. The van der Waals surface area contributed by atoms with E-state index in [4.69, 9.17) is 4.74 Å². The van der Waals surface area contributed by atoms with Crippen LogP contribution in [-0.4, -0.2) is 29.2 Å². The lowest BCUT2D eigenvalue weighted by atomic mass is 9.99. The van der Waals surface area contributed by atoms with E-state index in [1.54, 1.807) is 7.11 Å². The fraction of sp³-hybridized carbons (Fsp3) is 0.261. The number of nitrogens with zero attached hydrogens (tertiary/aromatic N) is 2. The van der Waals surface area contributed by atoms with Crippen molar-refractivity contribution in [1.82, 2.24) is 9.47 Å². The standard InChI is InChI=1S/C23H25N3O2/c1-16-10-11-18(15-17(16)2)24-23(27)26-14-13-25-12-6-8-20(25)22(26)19-7-4-5-9-21(19)28-3/h4-12,15,22H,13-14H2,1-3H3,(H,24,27). The molecule has 1 unspecified atom stereocenters. The summed E-state index contributed by atoms with van der Waals surface area (Å²) in [5.74, 6) is 0.783. The molecule has 3 aromatic rings. The number of urea groups is 1. The molecule has 0 spiro atoms. The van der Waals surface area contributed by atoms with E-state index in [0.29, 0.717) is 6.54 Å². The molecule has 4 rings (SSSR count). The first kappa shape index (κ1) is 18.2. The van der Waals surface area contributed by atoms with Crippen LogP contribution < -0.4 is 10.1 Å². The highest BCUT2D eigenvalue weighted by atomic mass is 16.5. The fourth-order valence-electron chi connectivity index (χ4n) is 3.84. The van der Waals surface area contributed by atoms with Crippen LogP contribution in [0.5, 0.6) is 5.75 Å². The molecule has 1 N–H and O–H groups in total. The van der Waals surface area contributed by atoms with Gasteiger partial charge in [0.15, 0.2) is 0 Å². The minimum atomic E-state index is -0.202. The van der Waals surface area contributed by atoms with Crippen molar-refractivity contribution in [2.45, 2.75) is 26.4 Å². The van der Waals surface area contributed by atoms with Crippen molar-refractivity contribution < 1.29 is 9.53 Å². The summed E-state index contributed by atoms with van der Waals surface area (Å²) in [5.41, 5.74) is 5.26. The van der Waals surface area contributed by atoms with Crippen LogP contribution in [0.25, 0.3) is 0 Å². The number of ether oxygens (including phenoxy) is 1. The van der Waals surface area contributed by atoms with E-state index < -0.39 is 0 Å². The molecule has 0 saturated carbocycles. The quantitative estimate of drug-likeness (QED) is 0.718. The number of methoxy groups -OCH3 is 1. The number of rotatable bonds is 3. The van der Waals surface area contributed by atoms with Gasteiger partial charge in [-0.2, -0.15) is 0 Å². The highest BCUT2D eigenvalue weighted by Crippen LogP contribution is 2.37. The zero-order valence-electron chi connectivity index (χ0n) is 16.5. The van der Waals surface area contributed by atoms with E-state index in [0.717, 1.165) is 34.8 Å². The summed E-state index contributed by atoms with van der Waals surface area (Å²) in [4.78, 5) is 15.1. The second-order valence-electron chi connectivity index (χ2n) is 7.19. The minimum absolute atomic E-state index is 0.105. The predicted molar refractivity (Wildman–Crippen MR) is 111 cm³/mol. The zero-order valence-corrected chi connectivity index (χ0v) is 16.5. The van der Waals surface area contributed by atoms with Crippen molar-refractivity contribution in [3.8, 4) is 5.75 Å². The molecule has 144 valence electrons. The molecule has 0 fully saturated rings. The van der Waals surface area contributed by atoms with Gasteiger partial charge in [-0.1, -0.05) is 24.3 Å². The van der Waals surface area contributed by atoms with Gasteiger partial charge in [-0.15, -0.1) is 0 Å². The molecule has 2 amide bonds. The van der Waals surface area contributed by atoms with Crippen LogP contribution in [0.3, 0.4) is 0 Å². The third-order valence-electron chi connectivity index (χ3n) is 5.49. The Kier molecular flexibility index (Phi) is 4.82. The Balaban J connectivity index is 1.70. The molecule has 1 aliphatic rings. The van der Waals surface area contributed by atoms with E-state index >= 15 is 0 Å². The maximum atomic E-state index is 13.2. The Labute approximate surface area is 165 Å². The lowest BCUT2D eigenvalue weighted by molar-refractivity contribution is 0.180. The maximum absolute atomic E-state index is 13.2. The lowest BCUT2D eigenvalue weighted by Gasteiger charge is -2.37. The van der Waals surface area contributed by atoms with Gasteiger partial charge in [0.05, 0.1) is 7.11 Å². The molecule has 1 atom stereocenters. The number of para-hydroxylation sites is 1. The molecule has 0 saturated heterocycles. The molecule has 2 aromatic carbocycles. The predicted octanol–water partition coefficient (Wildman–Crippen LogP) is 4.75. The Morgan fingerprint density at radius 2 is 1.86 bits per heavy atom. The molecular formula is C23H25N3O2. The molecule has 1 aromatic heterocycles. The zero-order chi connectivity index (χ0) is 19.7. The first-order valence-corrected chi connectivity index (χ1v) is 9.51. The van der Waals surface area contributed by atoms with E-state index in [-0.39, 0.29) is 12.1 Å². The van der Waals surface area contributed by atoms with Crippen molar-refractivity contribution in [3.05, 3.63) is 83.2 Å². The minimum Gasteiger partial charge on any atom is -0.496 e. The number of fused-ring (bicyclic) bond motifs is 1. The summed E-state index contributed by atoms with van der Waals surface area (Å²) in [7, 11) is 1.67. The van der Waals surface area contributed by atoms with E-state index in [1.807, 2.05) is 53.4 Å². The molecule has 5 heteroatoms. The van der Waals surface area contributed by atoms with Gasteiger partial charge in [-0.05, 0) is 55.3 Å². The molecule has 0 aliphatic carbocycles. The molecule has 5 nitrogen and oxygen atoms in total. The van der Waals surface area contributed by atoms with Crippen LogP contribution in [0.4, 0.5) is 10.5 Å². The number of aromatic nitrogens is 1. The van der Waals surface area contributed by atoms with Gasteiger partial charge >= 0.3 is 6.03 Å². The second-order valence-corrected chi connectivity index (χ2v) is 7.19. The van der Waals surface area contributed by atoms with Gasteiger partial charge in [0.1, 0.15) is 11.8 Å². The highest BCUT2D eigenvalue weighted by molar-refractivity contribution is 5.90. The number of nitrogens with one attached hydrogen (secondary N) is 1. The first-order chi connectivity index (χ1) is 13.6. The van der Waals surface area contributed by atoms with Crippen LogP contribution >= 0.6 is 0 Å². The monoisotopic (exact) mass is 375 g/mol. The van der Waals surface area contributed by atoms with Crippen molar-refractivity contribution >= 4 is 11.7 Å². The number of benzene rings is 2. The smallest absolute Gasteiger partial charge is 0.322 e. The number of aryl methyl sites for hydroxylation is 2. The van der Waals surface area contributed by atoms with Gasteiger partial charge in [-0.25, -0.2) is 4.79 Å². The van der Waals surface area contributed by atoms with E-state index in [9.17, 15) is 4.79 Å². The Morgan fingerprint density at radius 1 is 1.04 bits per heavy atom. The third-order valence-corrected chi connectivity index (χ3v) is 5.49. The average Bonchev–Trinajstić information content (AvgIpc) is 3.19. The van der Waals surface area contributed by atoms with Crippen molar-refractivity contribution in [2.24, 2.45) is 0 Å². The Bertz CT molecular complexity index is 1010. The fourth-order valence-corrected chi connectivity index (χ4v) is 3.84. The molecule has 1 aliphatic heterocycles. The average molecular weight is 375 g/mol. The van der Waals surface area contributed by atoms with Gasteiger partial charge < -0.3 is 19.5 Å². The summed E-state index contributed by atoms with van der Waals surface area (Å²) in [6, 6.07) is 17.7. The normalized spacial score (nSPS) is 15.8. The molecular weight excluding hydrogens is 350 g/mol. The Hall–Kier alpha value is -3.21. The maximum Gasteiger partial charge on any atom is 0.322 e. The van der Waals surface area contributed by atoms with Crippen LogP contribution in [0, 0.1) is 13.8 Å². The molecule has 0 radical (unpaired) electrons. The highest BCUT2D eigenvalue weighted by Gasteiger charge is 2.33. The molecule has 28 heavy (non-hydrogen) atoms. The van der Waals surface area contributed by atoms with Crippen molar-refractivity contribution in [1.29, 1.82) is 0 Å². The van der Waals surface area contributed by atoms with E-state index in [2.05, 4.69) is 36.0 Å².